The molecule has 1 heterocycles. The molecule has 2 aromatic rings. The maximum atomic E-state index is 13.3. The molecule has 0 amide bonds. The van der Waals surface area contributed by atoms with E-state index < -0.39 is 15.8 Å². The first-order chi connectivity index (χ1) is 9.49. The van der Waals surface area contributed by atoms with Gasteiger partial charge >= 0.3 is 0 Å². The van der Waals surface area contributed by atoms with Crippen LogP contribution in [0.1, 0.15) is 5.56 Å². The van der Waals surface area contributed by atoms with Crippen molar-refractivity contribution in [3.63, 3.8) is 0 Å². The predicted molar refractivity (Wildman–Crippen MR) is 77.8 cm³/mol. The summed E-state index contributed by atoms with van der Waals surface area (Å²) >= 11 is 6.64. The van der Waals surface area contributed by atoms with Gasteiger partial charge < -0.3 is 0 Å². The normalized spacial score (nSPS) is 10.9. The van der Waals surface area contributed by atoms with Gasteiger partial charge in [0.15, 0.2) is 0 Å². The third-order valence-corrected chi connectivity index (χ3v) is 5.39. The molecule has 1 aromatic carbocycles. The molecule has 3 nitrogen and oxygen atoms in total. The fourth-order valence-electron chi connectivity index (χ4n) is 1.35. The van der Waals surface area contributed by atoms with Crippen molar-refractivity contribution in [2.75, 3.05) is 6.54 Å². The Hall–Kier alpha value is -1.39. The molecule has 2 rings (SSSR count). The number of hydrogen-bond donors (Lipinski definition) is 1. The average Bonchev–Trinajstić information content (AvgIpc) is 2.84. The largest absolute Gasteiger partial charge is 0.250 e. The highest BCUT2D eigenvalue weighted by molar-refractivity contribution is 7.91. The second kappa shape index (κ2) is 6.37. The van der Waals surface area contributed by atoms with Crippen LogP contribution in [0.15, 0.2) is 40.6 Å². The second-order valence-electron chi connectivity index (χ2n) is 3.66. The van der Waals surface area contributed by atoms with Crippen LogP contribution in [0.2, 0.25) is 4.34 Å². The molecule has 0 saturated heterocycles. The van der Waals surface area contributed by atoms with Crippen molar-refractivity contribution in [2.45, 2.75) is 4.21 Å². The van der Waals surface area contributed by atoms with Crippen molar-refractivity contribution in [3.8, 4) is 11.8 Å². The van der Waals surface area contributed by atoms with Gasteiger partial charge in [0.1, 0.15) is 10.0 Å². The Morgan fingerprint density at radius 3 is 2.65 bits per heavy atom. The molecule has 0 atom stereocenters. The van der Waals surface area contributed by atoms with E-state index in [9.17, 15) is 12.8 Å². The molecule has 0 spiro atoms. The van der Waals surface area contributed by atoms with E-state index in [-0.39, 0.29) is 16.3 Å². The molecule has 20 heavy (non-hydrogen) atoms. The van der Waals surface area contributed by atoms with Crippen LogP contribution in [-0.4, -0.2) is 15.0 Å². The lowest BCUT2D eigenvalue weighted by atomic mass is 10.2. The molecule has 7 heteroatoms. The highest BCUT2D eigenvalue weighted by Crippen LogP contribution is 2.25. The maximum absolute atomic E-state index is 13.3. The van der Waals surface area contributed by atoms with Crippen molar-refractivity contribution in [1.82, 2.24) is 4.72 Å². The third kappa shape index (κ3) is 3.81. The second-order valence-corrected chi connectivity index (χ2v) is 7.37. The Balaban J connectivity index is 2.02. The molecular formula is C13H9ClFNO2S2. The van der Waals surface area contributed by atoms with Gasteiger partial charge in [0.05, 0.1) is 16.4 Å². The summed E-state index contributed by atoms with van der Waals surface area (Å²) in [5, 5.41) is 0. The van der Waals surface area contributed by atoms with E-state index in [1.165, 1.54) is 24.3 Å². The monoisotopic (exact) mass is 329 g/mol. The fourth-order valence-corrected chi connectivity index (χ4v) is 3.80. The first-order valence-electron chi connectivity index (χ1n) is 5.47. The van der Waals surface area contributed by atoms with Crippen molar-refractivity contribution >= 4 is 33.0 Å². The van der Waals surface area contributed by atoms with Crippen LogP contribution in [0.25, 0.3) is 0 Å². The minimum absolute atomic E-state index is 0.105. The van der Waals surface area contributed by atoms with E-state index in [0.29, 0.717) is 4.34 Å². The van der Waals surface area contributed by atoms with Crippen molar-refractivity contribution < 1.29 is 12.8 Å². The van der Waals surface area contributed by atoms with Gasteiger partial charge in [0, 0.05) is 0 Å². The summed E-state index contributed by atoms with van der Waals surface area (Å²) in [5.74, 6) is 4.70. The minimum atomic E-state index is -3.62. The van der Waals surface area contributed by atoms with Crippen LogP contribution in [-0.2, 0) is 10.0 Å². The van der Waals surface area contributed by atoms with Crippen LogP contribution >= 0.6 is 22.9 Å². The molecule has 1 N–H and O–H groups in total. The average molecular weight is 330 g/mol. The van der Waals surface area contributed by atoms with E-state index >= 15 is 0 Å². The number of halogens is 2. The van der Waals surface area contributed by atoms with E-state index in [4.69, 9.17) is 11.6 Å². The zero-order valence-electron chi connectivity index (χ0n) is 10.1. The third-order valence-electron chi connectivity index (χ3n) is 2.26. The van der Waals surface area contributed by atoms with E-state index in [1.54, 1.807) is 12.1 Å². The zero-order chi connectivity index (χ0) is 14.6. The SMILES string of the molecule is O=S(=O)(NCC#Cc1ccccc1F)c1ccc(Cl)s1. The number of benzene rings is 1. The van der Waals surface area contributed by atoms with Crippen LogP contribution in [0.3, 0.4) is 0 Å². The lowest BCUT2D eigenvalue weighted by Crippen LogP contribution is -2.23. The number of hydrogen-bond acceptors (Lipinski definition) is 3. The Morgan fingerprint density at radius 2 is 2.00 bits per heavy atom. The summed E-state index contributed by atoms with van der Waals surface area (Å²) in [6.07, 6.45) is 0. The first kappa shape index (κ1) is 15.0. The summed E-state index contributed by atoms with van der Waals surface area (Å²) in [7, 11) is -3.62. The molecule has 0 aliphatic heterocycles. The van der Waals surface area contributed by atoms with E-state index in [2.05, 4.69) is 16.6 Å². The molecule has 104 valence electrons. The number of rotatable bonds is 3. The van der Waals surface area contributed by atoms with Crippen LogP contribution in [0.5, 0.6) is 0 Å². The highest BCUT2D eigenvalue weighted by Gasteiger charge is 2.15. The Labute approximate surface area is 125 Å². The number of thiophene rings is 1. The van der Waals surface area contributed by atoms with Gasteiger partial charge in [-0.15, -0.1) is 11.3 Å². The molecular weight excluding hydrogens is 321 g/mol. The smallest absolute Gasteiger partial charge is 0.206 e. The molecule has 0 saturated carbocycles. The van der Waals surface area contributed by atoms with Crippen LogP contribution in [0.4, 0.5) is 4.39 Å². The number of sulfonamides is 1. The van der Waals surface area contributed by atoms with Gasteiger partial charge in [0.25, 0.3) is 10.0 Å². The molecule has 0 fully saturated rings. The quantitative estimate of drug-likeness (QED) is 0.880. The Bertz CT molecular complexity index is 775. The summed E-state index contributed by atoms with van der Waals surface area (Å²) in [4.78, 5) is 0. The maximum Gasteiger partial charge on any atom is 0.250 e. The summed E-state index contributed by atoms with van der Waals surface area (Å²) in [5.41, 5.74) is 0.228. The fraction of sp³-hybridized carbons (Fsp3) is 0.0769. The van der Waals surface area contributed by atoms with Crippen LogP contribution in [0, 0.1) is 17.7 Å². The van der Waals surface area contributed by atoms with Gasteiger partial charge in [-0.1, -0.05) is 35.6 Å². The van der Waals surface area contributed by atoms with Gasteiger partial charge in [-0.3, -0.25) is 0 Å². The molecule has 0 radical (unpaired) electrons. The molecule has 0 bridgehead atoms. The Morgan fingerprint density at radius 1 is 1.25 bits per heavy atom. The predicted octanol–water partition coefficient (Wildman–Crippen LogP) is 2.87. The minimum Gasteiger partial charge on any atom is -0.206 e. The summed E-state index contributed by atoms with van der Waals surface area (Å²) in [6, 6.07) is 8.96. The highest BCUT2D eigenvalue weighted by atomic mass is 35.5. The van der Waals surface area contributed by atoms with Crippen molar-refractivity contribution in [3.05, 3.63) is 52.1 Å². The van der Waals surface area contributed by atoms with Crippen LogP contribution < -0.4 is 4.72 Å². The van der Waals surface area contributed by atoms with Gasteiger partial charge in [-0.25, -0.2) is 12.8 Å². The molecule has 0 aliphatic carbocycles. The summed E-state index contributed by atoms with van der Waals surface area (Å²) in [6.45, 7) is -0.105. The van der Waals surface area contributed by atoms with Gasteiger partial charge in [-0.05, 0) is 24.3 Å². The van der Waals surface area contributed by atoms with Gasteiger partial charge in [0.2, 0.25) is 0 Å². The van der Waals surface area contributed by atoms with Crippen molar-refractivity contribution in [1.29, 1.82) is 0 Å². The standard InChI is InChI=1S/C13H9ClFNO2S2/c14-12-7-8-13(19-12)20(17,18)16-9-3-5-10-4-1-2-6-11(10)15/h1-2,4,6-8,16H,9H2. The van der Waals surface area contributed by atoms with E-state index in [0.717, 1.165) is 11.3 Å². The molecule has 0 unspecified atom stereocenters. The zero-order valence-corrected chi connectivity index (χ0v) is 12.4. The molecule has 0 aliphatic rings. The molecule has 1 aromatic heterocycles. The summed E-state index contributed by atoms with van der Waals surface area (Å²) < 4.78 is 39.7. The van der Waals surface area contributed by atoms with Gasteiger partial charge in [-0.2, -0.15) is 4.72 Å². The van der Waals surface area contributed by atoms with E-state index in [1.807, 2.05) is 0 Å². The number of nitrogens with one attached hydrogen (secondary N) is 1. The lowest BCUT2D eigenvalue weighted by Gasteiger charge is -1.99. The van der Waals surface area contributed by atoms with Crippen molar-refractivity contribution in [2.24, 2.45) is 0 Å². The topological polar surface area (TPSA) is 46.2 Å². The lowest BCUT2D eigenvalue weighted by molar-refractivity contribution is 0.588. The Kier molecular flexibility index (Phi) is 4.78. The first-order valence-corrected chi connectivity index (χ1v) is 8.15.